The molecule has 3 nitrogen and oxygen atoms in total. The molecule has 0 aliphatic rings. The maximum Gasteiger partial charge on any atom is 0.178 e. The van der Waals surface area contributed by atoms with Crippen LogP contribution in [-0.4, -0.2) is 23.4 Å². The lowest BCUT2D eigenvalue weighted by molar-refractivity contribution is 0.0993. The molecule has 0 saturated heterocycles. The first-order valence-corrected chi connectivity index (χ1v) is 6.41. The van der Waals surface area contributed by atoms with E-state index in [1.165, 1.54) is 0 Å². The average Bonchev–Trinajstić information content (AvgIpc) is 2.64. The number of nitrogens with one attached hydrogen (secondary N) is 1. The fraction of sp³-hybridized carbons (Fsp3) is 0.308. The number of rotatable bonds is 4. The maximum absolute atomic E-state index is 12.0. The van der Waals surface area contributed by atoms with E-state index >= 15 is 0 Å². The summed E-state index contributed by atoms with van der Waals surface area (Å²) in [6, 6.07) is 5.98. The van der Waals surface area contributed by atoms with E-state index in [-0.39, 0.29) is 5.78 Å². The van der Waals surface area contributed by atoms with E-state index < -0.39 is 0 Å². The number of benzene rings is 1. The number of carbonyl (C=O) groups is 1. The molecule has 0 radical (unpaired) electrons. The fourth-order valence-corrected chi connectivity index (χ4v) is 2.26. The highest BCUT2D eigenvalue weighted by atomic mass is 79.9. The van der Waals surface area contributed by atoms with Crippen LogP contribution in [-0.2, 0) is 7.05 Å². The predicted molar refractivity (Wildman–Crippen MR) is 73.5 cm³/mol. The zero-order chi connectivity index (χ0) is 12.4. The first kappa shape index (κ1) is 12.3. The van der Waals surface area contributed by atoms with Gasteiger partial charge in [0.1, 0.15) is 0 Å². The van der Waals surface area contributed by atoms with Crippen LogP contribution in [0.1, 0.15) is 17.3 Å². The van der Waals surface area contributed by atoms with Crippen molar-refractivity contribution >= 4 is 32.6 Å². The van der Waals surface area contributed by atoms with Gasteiger partial charge in [0.05, 0.1) is 6.54 Å². The number of halogens is 1. The van der Waals surface area contributed by atoms with Crippen molar-refractivity contribution in [3.8, 4) is 0 Å². The van der Waals surface area contributed by atoms with Crippen LogP contribution in [0, 0.1) is 0 Å². The molecule has 0 spiro atoms. The van der Waals surface area contributed by atoms with Gasteiger partial charge < -0.3 is 9.88 Å². The van der Waals surface area contributed by atoms with Crippen LogP contribution in [0.3, 0.4) is 0 Å². The number of hydrogen-bond donors (Lipinski definition) is 1. The molecule has 0 aliphatic carbocycles. The van der Waals surface area contributed by atoms with Gasteiger partial charge in [0, 0.05) is 34.2 Å². The van der Waals surface area contributed by atoms with E-state index in [0.717, 1.165) is 27.5 Å². The quantitative estimate of drug-likeness (QED) is 0.880. The largest absolute Gasteiger partial charge is 0.350 e. The molecule has 2 aromatic rings. The predicted octanol–water partition coefficient (Wildman–Crippen LogP) is 2.73. The van der Waals surface area contributed by atoms with Crippen LogP contribution in [0.2, 0.25) is 0 Å². The van der Waals surface area contributed by atoms with Gasteiger partial charge in [0.15, 0.2) is 5.78 Å². The highest BCUT2D eigenvalue weighted by Gasteiger charge is 2.13. The number of likely N-dealkylation sites (N-methyl/N-ethyl adjacent to an activating group) is 1. The molecule has 0 saturated carbocycles. The van der Waals surface area contributed by atoms with Gasteiger partial charge in [-0.1, -0.05) is 28.9 Å². The Balaban J connectivity index is 2.45. The fourth-order valence-electron chi connectivity index (χ4n) is 1.91. The minimum absolute atomic E-state index is 0.139. The van der Waals surface area contributed by atoms with Gasteiger partial charge in [0.25, 0.3) is 0 Å². The lowest BCUT2D eigenvalue weighted by atomic mass is 10.1. The van der Waals surface area contributed by atoms with Gasteiger partial charge in [-0.2, -0.15) is 0 Å². The molecular weight excluding hydrogens is 280 g/mol. The van der Waals surface area contributed by atoms with Gasteiger partial charge in [-0.3, -0.25) is 4.79 Å². The van der Waals surface area contributed by atoms with Crippen LogP contribution >= 0.6 is 15.9 Å². The summed E-state index contributed by atoms with van der Waals surface area (Å²) in [5.74, 6) is 0.139. The highest BCUT2D eigenvalue weighted by molar-refractivity contribution is 9.10. The third-order valence-electron chi connectivity index (χ3n) is 2.79. The van der Waals surface area contributed by atoms with E-state index in [9.17, 15) is 4.79 Å². The summed E-state index contributed by atoms with van der Waals surface area (Å²) < 4.78 is 3.01. The summed E-state index contributed by atoms with van der Waals surface area (Å²) in [5, 5.41) is 4.08. The van der Waals surface area contributed by atoms with Gasteiger partial charge in [-0.15, -0.1) is 0 Å². The van der Waals surface area contributed by atoms with Crippen molar-refractivity contribution in [3.63, 3.8) is 0 Å². The van der Waals surface area contributed by atoms with Crippen molar-refractivity contribution in [1.82, 2.24) is 9.88 Å². The molecule has 0 aliphatic heterocycles. The Bertz CT molecular complexity index is 560. The van der Waals surface area contributed by atoms with Gasteiger partial charge >= 0.3 is 0 Å². The summed E-state index contributed by atoms with van der Waals surface area (Å²) in [6.45, 7) is 3.20. The molecule has 1 N–H and O–H groups in total. The average molecular weight is 295 g/mol. The summed E-state index contributed by atoms with van der Waals surface area (Å²) in [7, 11) is 1.96. The maximum atomic E-state index is 12.0. The molecule has 0 atom stereocenters. The first-order chi connectivity index (χ1) is 8.13. The number of aryl methyl sites for hydroxylation is 1. The zero-order valence-electron chi connectivity index (χ0n) is 9.96. The Morgan fingerprint density at radius 2 is 2.24 bits per heavy atom. The number of Topliss-reactive ketones (excluding diaryl/α,β-unsaturated/α-hetero) is 1. The molecule has 0 bridgehead atoms. The number of carbonyl (C=O) groups excluding carboxylic acids is 1. The monoisotopic (exact) mass is 294 g/mol. The van der Waals surface area contributed by atoms with E-state index in [2.05, 4.69) is 21.2 Å². The molecule has 0 amide bonds. The smallest absolute Gasteiger partial charge is 0.178 e. The van der Waals surface area contributed by atoms with E-state index in [1.807, 2.05) is 42.9 Å². The Morgan fingerprint density at radius 1 is 1.47 bits per heavy atom. The SMILES string of the molecule is CCNCC(=O)c1cn(C)c2cc(Br)ccc12. The summed E-state index contributed by atoms with van der Waals surface area (Å²) in [4.78, 5) is 12.0. The summed E-state index contributed by atoms with van der Waals surface area (Å²) in [5.41, 5.74) is 1.86. The Kier molecular flexibility index (Phi) is 3.64. The number of ketones is 1. The Morgan fingerprint density at radius 3 is 2.94 bits per heavy atom. The van der Waals surface area contributed by atoms with Crippen LogP contribution in [0.15, 0.2) is 28.9 Å². The van der Waals surface area contributed by atoms with Crippen LogP contribution in [0.25, 0.3) is 10.9 Å². The van der Waals surface area contributed by atoms with Crippen molar-refractivity contribution in [2.24, 2.45) is 7.05 Å². The highest BCUT2D eigenvalue weighted by Crippen LogP contribution is 2.24. The Hall–Kier alpha value is -1.13. The van der Waals surface area contributed by atoms with Crippen LogP contribution in [0.5, 0.6) is 0 Å². The van der Waals surface area contributed by atoms with Crippen molar-refractivity contribution in [2.45, 2.75) is 6.92 Å². The molecular formula is C13H15BrN2O. The molecule has 1 heterocycles. The molecule has 17 heavy (non-hydrogen) atoms. The minimum atomic E-state index is 0.139. The van der Waals surface area contributed by atoms with Crippen LogP contribution < -0.4 is 5.32 Å². The molecule has 0 fully saturated rings. The molecule has 1 aromatic heterocycles. The van der Waals surface area contributed by atoms with E-state index in [0.29, 0.717) is 6.54 Å². The third-order valence-corrected chi connectivity index (χ3v) is 3.28. The Labute approximate surface area is 109 Å². The van der Waals surface area contributed by atoms with Crippen LogP contribution in [0.4, 0.5) is 0 Å². The molecule has 2 rings (SSSR count). The standard InChI is InChI=1S/C13H15BrN2O/c1-3-15-7-13(17)11-8-16(2)12-6-9(14)4-5-10(11)12/h4-6,8,15H,3,7H2,1-2H3. The van der Waals surface area contributed by atoms with Crippen molar-refractivity contribution in [1.29, 1.82) is 0 Å². The second-order valence-electron chi connectivity index (χ2n) is 4.02. The van der Waals surface area contributed by atoms with Gasteiger partial charge in [-0.05, 0) is 18.7 Å². The molecule has 0 unspecified atom stereocenters. The lowest BCUT2D eigenvalue weighted by Crippen LogP contribution is -2.22. The van der Waals surface area contributed by atoms with E-state index in [1.54, 1.807) is 0 Å². The zero-order valence-corrected chi connectivity index (χ0v) is 11.5. The van der Waals surface area contributed by atoms with Crippen molar-refractivity contribution in [2.75, 3.05) is 13.1 Å². The summed E-state index contributed by atoms with van der Waals surface area (Å²) in [6.07, 6.45) is 1.90. The first-order valence-electron chi connectivity index (χ1n) is 5.62. The second kappa shape index (κ2) is 5.02. The minimum Gasteiger partial charge on any atom is -0.350 e. The van der Waals surface area contributed by atoms with Gasteiger partial charge in [0.2, 0.25) is 0 Å². The third kappa shape index (κ3) is 2.42. The molecule has 1 aromatic carbocycles. The van der Waals surface area contributed by atoms with Crippen molar-refractivity contribution in [3.05, 3.63) is 34.4 Å². The lowest BCUT2D eigenvalue weighted by Gasteiger charge is -2.00. The number of nitrogens with zero attached hydrogens (tertiary/aromatic N) is 1. The van der Waals surface area contributed by atoms with E-state index in [4.69, 9.17) is 0 Å². The summed E-state index contributed by atoms with van der Waals surface area (Å²) >= 11 is 3.44. The topological polar surface area (TPSA) is 34.0 Å². The molecule has 4 heteroatoms. The normalized spacial score (nSPS) is 11.0. The van der Waals surface area contributed by atoms with Crippen molar-refractivity contribution < 1.29 is 4.79 Å². The molecule has 90 valence electrons. The second-order valence-corrected chi connectivity index (χ2v) is 4.93. The van der Waals surface area contributed by atoms with Gasteiger partial charge in [-0.25, -0.2) is 0 Å². The number of hydrogen-bond acceptors (Lipinski definition) is 2. The number of aromatic nitrogens is 1. The number of fused-ring (bicyclic) bond motifs is 1.